The summed E-state index contributed by atoms with van der Waals surface area (Å²) in [5, 5.41) is 10.0. The molecular weight excluding hydrogens is 410 g/mol. The molecule has 0 saturated heterocycles. The van der Waals surface area contributed by atoms with Crippen LogP contribution in [0.25, 0.3) is 0 Å². The van der Waals surface area contributed by atoms with Crippen molar-refractivity contribution in [2.24, 2.45) is 16.8 Å². The monoisotopic (exact) mass is 432 g/mol. The van der Waals surface area contributed by atoms with Crippen molar-refractivity contribution in [3.05, 3.63) is 29.3 Å². The van der Waals surface area contributed by atoms with E-state index in [1.165, 1.54) is 19.3 Å². The van der Waals surface area contributed by atoms with E-state index in [1.54, 1.807) is 0 Å². The van der Waals surface area contributed by atoms with Gasteiger partial charge < -0.3 is 10.0 Å². The number of rotatable bonds is 3. The first-order valence-corrected chi connectivity index (χ1v) is 14.2. The molecule has 0 aromatic heterocycles. The third kappa shape index (κ3) is 4.81. The number of hydrogen-bond donors (Lipinski definition) is 1. The molecule has 1 N–H and O–H groups in total. The molecule has 1 aromatic rings. The predicted molar refractivity (Wildman–Crippen MR) is 94.2 cm³/mol. The van der Waals surface area contributed by atoms with Gasteiger partial charge in [-0.3, -0.25) is 4.99 Å². The molecule has 3 rings (SSSR count). The number of halogens is 2. The zero-order valence-corrected chi connectivity index (χ0v) is 17.8. The number of aliphatic imine (C=N–C) groups is 1. The summed E-state index contributed by atoms with van der Waals surface area (Å²) in [6, 6.07) is 7.03. The molecule has 0 radical (unpaired) electrons. The predicted octanol–water partition coefficient (Wildman–Crippen LogP) is 4.22. The van der Waals surface area contributed by atoms with E-state index in [2.05, 4.69) is 19.0 Å². The van der Waals surface area contributed by atoms with Crippen LogP contribution in [-0.2, 0) is 20.8 Å². The first-order valence-electron chi connectivity index (χ1n) is 7.92. The summed E-state index contributed by atoms with van der Waals surface area (Å²) >= 11 is -0.826. The van der Waals surface area contributed by atoms with E-state index in [4.69, 9.17) is 22.0 Å². The summed E-state index contributed by atoms with van der Waals surface area (Å²) in [6.07, 6.45) is 5.68. The van der Waals surface area contributed by atoms with Gasteiger partial charge in [0.25, 0.3) is 0 Å². The Morgan fingerprint density at radius 2 is 1.91 bits per heavy atom. The first kappa shape index (κ1) is 19.4. The van der Waals surface area contributed by atoms with Crippen LogP contribution in [0.5, 0.6) is 5.75 Å². The van der Waals surface area contributed by atoms with Gasteiger partial charge in [-0.1, -0.05) is 12.1 Å². The van der Waals surface area contributed by atoms with Crippen molar-refractivity contribution < 1.29 is 26.0 Å². The molecule has 2 saturated carbocycles. The van der Waals surface area contributed by atoms with E-state index in [-0.39, 0.29) is 0 Å². The minimum absolute atomic E-state index is 0.366. The van der Waals surface area contributed by atoms with Gasteiger partial charge in [-0.2, -0.15) is 0 Å². The maximum absolute atomic E-state index is 10.0. The minimum atomic E-state index is -0.826. The molecule has 3 nitrogen and oxygen atoms in total. The molecule has 2 fully saturated rings. The Morgan fingerprint density at radius 3 is 2.48 bits per heavy atom. The Morgan fingerprint density at radius 1 is 1.22 bits per heavy atom. The summed E-state index contributed by atoms with van der Waals surface area (Å²) < 4.78 is 0. The average molecular weight is 435 g/mol. The SMILES string of the molecule is Cc1cccc(C=NC2CC3CC2CC3N(C)C)c1O.[Cl][Zr][Cl]. The van der Waals surface area contributed by atoms with Crippen molar-refractivity contribution in [3.8, 4) is 5.75 Å². The van der Waals surface area contributed by atoms with E-state index in [0.717, 1.165) is 29.0 Å². The number of phenolic OH excluding ortho intramolecular Hbond substituents is 1. The van der Waals surface area contributed by atoms with Crippen LogP contribution in [0.2, 0.25) is 0 Å². The summed E-state index contributed by atoms with van der Waals surface area (Å²) in [7, 11) is 14.2. The third-order valence-corrected chi connectivity index (χ3v) is 5.12. The quantitative estimate of drug-likeness (QED) is 0.723. The zero-order chi connectivity index (χ0) is 17.0. The van der Waals surface area contributed by atoms with Crippen molar-refractivity contribution in [2.75, 3.05) is 14.1 Å². The summed E-state index contributed by atoms with van der Waals surface area (Å²) in [5.41, 5.74) is 1.76. The van der Waals surface area contributed by atoms with E-state index in [9.17, 15) is 5.11 Å². The van der Waals surface area contributed by atoms with Crippen molar-refractivity contribution in [3.63, 3.8) is 0 Å². The molecular formula is C17H24Cl2N2OZr. The third-order valence-electron chi connectivity index (χ3n) is 5.12. The van der Waals surface area contributed by atoms with Crippen LogP contribution < -0.4 is 0 Å². The van der Waals surface area contributed by atoms with Crippen molar-refractivity contribution in [2.45, 2.75) is 38.3 Å². The molecule has 2 aliphatic rings. The number of aryl methyl sites for hydroxylation is 1. The molecule has 0 spiro atoms. The molecule has 6 heteroatoms. The topological polar surface area (TPSA) is 35.8 Å². The number of para-hydroxylation sites is 1. The molecule has 2 bridgehead atoms. The molecule has 0 aliphatic heterocycles. The number of hydrogen-bond acceptors (Lipinski definition) is 3. The van der Waals surface area contributed by atoms with Crippen molar-refractivity contribution >= 4 is 23.2 Å². The fourth-order valence-corrected chi connectivity index (χ4v) is 3.99. The van der Waals surface area contributed by atoms with Gasteiger partial charge in [0.1, 0.15) is 5.75 Å². The van der Waals surface area contributed by atoms with Crippen LogP contribution in [0.4, 0.5) is 0 Å². The zero-order valence-electron chi connectivity index (χ0n) is 13.8. The maximum atomic E-state index is 10.0. The van der Waals surface area contributed by atoms with E-state index in [0.29, 0.717) is 11.8 Å². The molecule has 4 atom stereocenters. The van der Waals surface area contributed by atoms with Gasteiger partial charge >= 0.3 is 37.9 Å². The standard InChI is InChI=1S/C17H24N2O.2ClH.Zr/c1-11-5-4-6-12(17(11)20)10-18-15-8-14-7-13(15)9-16(14)19(2)3;;;/h4-6,10,13-16,20H,7-9H2,1-3H3;2*1H;/q;;;+2/p-2. The number of aromatic hydroxyl groups is 1. The van der Waals surface area contributed by atoms with Gasteiger partial charge in [0.2, 0.25) is 0 Å². The summed E-state index contributed by atoms with van der Waals surface area (Å²) in [6.45, 7) is 1.92. The normalized spacial score (nSPS) is 29.0. The van der Waals surface area contributed by atoms with Gasteiger partial charge in [0.15, 0.2) is 0 Å². The van der Waals surface area contributed by atoms with E-state index < -0.39 is 20.8 Å². The molecule has 4 unspecified atom stereocenters. The van der Waals surface area contributed by atoms with Gasteiger partial charge in [-0.15, -0.1) is 0 Å². The molecule has 1 aromatic carbocycles. The van der Waals surface area contributed by atoms with Crippen molar-refractivity contribution in [1.82, 2.24) is 4.90 Å². The van der Waals surface area contributed by atoms with E-state index in [1.807, 2.05) is 31.3 Å². The van der Waals surface area contributed by atoms with Gasteiger partial charge in [-0.25, -0.2) is 0 Å². The Bertz CT molecular complexity index is 553. The molecule has 0 amide bonds. The number of nitrogens with zero attached hydrogens (tertiary/aromatic N) is 2. The Hall–Kier alpha value is 0.113. The van der Waals surface area contributed by atoms with Crippen molar-refractivity contribution in [1.29, 1.82) is 0 Å². The Kier molecular flexibility index (Phi) is 7.60. The first-order chi connectivity index (χ1) is 11.0. The fraction of sp³-hybridized carbons (Fsp3) is 0.588. The molecule has 23 heavy (non-hydrogen) atoms. The van der Waals surface area contributed by atoms with Gasteiger partial charge in [0.05, 0.1) is 6.04 Å². The van der Waals surface area contributed by atoms with Crippen LogP contribution in [0.15, 0.2) is 23.2 Å². The van der Waals surface area contributed by atoms with Crippen LogP contribution in [0.1, 0.15) is 30.4 Å². The van der Waals surface area contributed by atoms with Gasteiger partial charge in [0, 0.05) is 17.8 Å². The Labute approximate surface area is 157 Å². The number of fused-ring (bicyclic) bond motifs is 2. The number of benzene rings is 1. The van der Waals surface area contributed by atoms with Crippen LogP contribution in [0.3, 0.4) is 0 Å². The second kappa shape index (κ2) is 8.99. The Balaban J connectivity index is 0.000000595. The molecule has 2 aliphatic carbocycles. The molecule has 0 heterocycles. The summed E-state index contributed by atoms with van der Waals surface area (Å²) in [4.78, 5) is 7.14. The van der Waals surface area contributed by atoms with E-state index >= 15 is 0 Å². The average Bonchev–Trinajstić information content (AvgIpc) is 3.09. The van der Waals surface area contributed by atoms with Gasteiger partial charge in [-0.05, 0) is 63.7 Å². The van der Waals surface area contributed by atoms with Crippen LogP contribution in [-0.4, -0.2) is 42.4 Å². The van der Waals surface area contributed by atoms with Crippen LogP contribution in [0, 0.1) is 18.8 Å². The molecule has 126 valence electrons. The number of phenols is 1. The second-order valence-electron chi connectivity index (χ2n) is 6.69. The fourth-order valence-electron chi connectivity index (χ4n) is 3.99. The second-order valence-corrected chi connectivity index (χ2v) is 10.4. The summed E-state index contributed by atoms with van der Waals surface area (Å²) in [5.74, 6) is 1.91. The van der Waals surface area contributed by atoms with Crippen LogP contribution >= 0.6 is 17.0 Å².